The van der Waals surface area contributed by atoms with Crippen molar-refractivity contribution in [2.24, 2.45) is 5.16 Å². The first-order chi connectivity index (χ1) is 12.1. The Bertz CT molecular complexity index is 734. The summed E-state index contributed by atoms with van der Waals surface area (Å²) in [5.74, 6) is 0.557. The lowest BCUT2D eigenvalue weighted by molar-refractivity contribution is -0.125. The van der Waals surface area contributed by atoms with Gasteiger partial charge < -0.3 is 14.9 Å². The minimum atomic E-state index is -0.247. The van der Waals surface area contributed by atoms with Gasteiger partial charge in [0.05, 0.1) is 23.4 Å². The smallest absolute Gasteiger partial charge is 0.260 e. The summed E-state index contributed by atoms with van der Waals surface area (Å²) in [5.41, 5.74) is 1.73. The Morgan fingerprint density at radius 2 is 1.96 bits per heavy atom. The summed E-state index contributed by atoms with van der Waals surface area (Å²) in [6.45, 7) is 0.343. The first-order valence-corrected chi connectivity index (χ1v) is 8.34. The molecule has 0 bridgehead atoms. The zero-order valence-electron chi connectivity index (χ0n) is 13.7. The van der Waals surface area contributed by atoms with Crippen molar-refractivity contribution in [3.63, 3.8) is 0 Å². The second-order valence-corrected chi connectivity index (χ2v) is 5.88. The van der Waals surface area contributed by atoms with Crippen LogP contribution in [0.2, 0.25) is 10.0 Å². The number of benzene rings is 2. The quantitative estimate of drug-likeness (QED) is 0.560. The van der Waals surface area contributed by atoms with Crippen LogP contribution in [0.15, 0.2) is 47.6 Å². The van der Waals surface area contributed by atoms with Crippen LogP contribution in [0.5, 0.6) is 5.75 Å². The SMILES string of the molecule is COc1ccc(CCNC(=O)CO/N=C\c2cccc(Cl)c2Cl)cc1. The normalized spacial score (nSPS) is 10.7. The minimum absolute atomic E-state index is 0.169. The van der Waals surface area contributed by atoms with Gasteiger partial charge in [0.1, 0.15) is 5.75 Å². The van der Waals surface area contributed by atoms with Crippen molar-refractivity contribution >= 4 is 35.3 Å². The highest BCUT2D eigenvalue weighted by Crippen LogP contribution is 2.24. The molecule has 1 amide bonds. The number of hydrogen-bond acceptors (Lipinski definition) is 4. The fraction of sp³-hybridized carbons (Fsp3) is 0.222. The third-order valence-corrected chi connectivity index (χ3v) is 4.17. The molecule has 0 heterocycles. The van der Waals surface area contributed by atoms with Crippen LogP contribution in [-0.2, 0) is 16.1 Å². The molecule has 5 nitrogen and oxygen atoms in total. The highest BCUT2D eigenvalue weighted by atomic mass is 35.5. The van der Waals surface area contributed by atoms with Gasteiger partial charge >= 0.3 is 0 Å². The summed E-state index contributed by atoms with van der Waals surface area (Å²) in [6.07, 6.45) is 2.13. The molecular formula is C18H18Cl2N2O3. The lowest BCUT2D eigenvalue weighted by Gasteiger charge is -2.05. The number of oxime groups is 1. The lowest BCUT2D eigenvalue weighted by Crippen LogP contribution is -2.28. The molecule has 132 valence electrons. The molecule has 0 aliphatic heterocycles. The second kappa shape index (κ2) is 9.91. The number of nitrogens with one attached hydrogen (secondary N) is 1. The van der Waals surface area contributed by atoms with Crippen LogP contribution in [0.25, 0.3) is 0 Å². The van der Waals surface area contributed by atoms with Gasteiger partial charge in [-0.2, -0.15) is 0 Å². The van der Waals surface area contributed by atoms with Gasteiger partial charge in [-0.25, -0.2) is 0 Å². The van der Waals surface area contributed by atoms with Gasteiger partial charge in [-0.15, -0.1) is 0 Å². The van der Waals surface area contributed by atoms with Gasteiger partial charge in [-0.3, -0.25) is 4.79 Å². The zero-order chi connectivity index (χ0) is 18.1. The number of carbonyl (C=O) groups excluding carboxylic acids is 1. The summed E-state index contributed by atoms with van der Waals surface area (Å²) in [4.78, 5) is 16.7. The molecule has 0 radical (unpaired) electrons. The fourth-order valence-corrected chi connectivity index (χ4v) is 2.36. The number of halogens is 2. The largest absolute Gasteiger partial charge is 0.497 e. The standard InChI is InChI=1S/C18H18Cl2N2O3/c1-24-15-7-5-13(6-8-15)9-10-21-17(23)12-25-22-11-14-3-2-4-16(19)18(14)20/h2-8,11H,9-10,12H2,1H3,(H,21,23)/b22-11-. The molecule has 0 aliphatic carbocycles. The van der Waals surface area contributed by atoms with E-state index in [-0.39, 0.29) is 12.5 Å². The molecule has 2 aromatic carbocycles. The van der Waals surface area contributed by atoms with Crippen LogP contribution in [-0.4, -0.2) is 32.4 Å². The predicted octanol–water partition coefficient (Wildman–Crippen LogP) is 3.71. The molecule has 25 heavy (non-hydrogen) atoms. The van der Waals surface area contributed by atoms with Crippen LogP contribution in [0.1, 0.15) is 11.1 Å². The van der Waals surface area contributed by atoms with Crippen molar-refractivity contribution in [1.29, 1.82) is 0 Å². The van der Waals surface area contributed by atoms with Gasteiger partial charge in [0.2, 0.25) is 0 Å². The van der Waals surface area contributed by atoms with Gasteiger partial charge in [0.25, 0.3) is 5.91 Å². The van der Waals surface area contributed by atoms with Gasteiger partial charge in [0.15, 0.2) is 6.61 Å². The van der Waals surface area contributed by atoms with Crippen molar-refractivity contribution in [3.05, 3.63) is 63.6 Å². The molecule has 0 aliphatic rings. The van der Waals surface area contributed by atoms with Gasteiger partial charge in [0, 0.05) is 12.1 Å². The molecule has 0 unspecified atom stereocenters. The Hall–Kier alpha value is -2.24. The molecule has 2 aromatic rings. The van der Waals surface area contributed by atoms with Crippen molar-refractivity contribution in [1.82, 2.24) is 5.32 Å². The fourth-order valence-electron chi connectivity index (χ4n) is 2.00. The Labute approximate surface area is 156 Å². The number of rotatable bonds is 8. The second-order valence-electron chi connectivity index (χ2n) is 5.10. The molecule has 2 rings (SSSR count). The Kier molecular flexibility index (Phi) is 7.57. The van der Waals surface area contributed by atoms with Crippen LogP contribution >= 0.6 is 23.2 Å². The number of ether oxygens (including phenoxy) is 1. The van der Waals surface area contributed by atoms with Crippen molar-refractivity contribution in [2.45, 2.75) is 6.42 Å². The van der Waals surface area contributed by atoms with Crippen molar-refractivity contribution in [2.75, 3.05) is 20.3 Å². The highest BCUT2D eigenvalue weighted by Gasteiger charge is 2.03. The average molecular weight is 381 g/mol. The molecular weight excluding hydrogens is 363 g/mol. The van der Waals surface area contributed by atoms with E-state index in [2.05, 4.69) is 10.5 Å². The highest BCUT2D eigenvalue weighted by molar-refractivity contribution is 6.43. The number of hydrogen-bond donors (Lipinski definition) is 1. The van der Waals surface area contributed by atoms with Crippen LogP contribution in [0.3, 0.4) is 0 Å². The zero-order valence-corrected chi connectivity index (χ0v) is 15.2. The Morgan fingerprint density at radius 3 is 2.68 bits per heavy atom. The molecule has 0 aromatic heterocycles. The van der Waals surface area contributed by atoms with E-state index < -0.39 is 0 Å². The van der Waals surface area contributed by atoms with E-state index >= 15 is 0 Å². The van der Waals surface area contributed by atoms with E-state index in [1.807, 2.05) is 24.3 Å². The topological polar surface area (TPSA) is 59.9 Å². The monoisotopic (exact) mass is 380 g/mol. The third-order valence-electron chi connectivity index (χ3n) is 3.34. The Morgan fingerprint density at radius 1 is 1.20 bits per heavy atom. The molecule has 0 atom stereocenters. The summed E-state index contributed by atoms with van der Waals surface area (Å²) < 4.78 is 5.10. The van der Waals surface area contributed by atoms with E-state index in [0.29, 0.717) is 22.2 Å². The molecule has 7 heteroatoms. The third kappa shape index (κ3) is 6.29. The van der Waals surface area contributed by atoms with E-state index in [0.717, 1.165) is 17.7 Å². The number of methoxy groups -OCH3 is 1. The predicted molar refractivity (Wildman–Crippen MR) is 99.7 cm³/mol. The molecule has 0 saturated carbocycles. The molecule has 0 saturated heterocycles. The first kappa shape index (κ1) is 19.1. The van der Waals surface area contributed by atoms with E-state index in [1.165, 1.54) is 6.21 Å². The lowest BCUT2D eigenvalue weighted by atomic mass is 10.1. The number of nitrogens with zero attached hydrogens (tertiary/aromatic N) is 1. The molecule has 0 spiro atoms. The minimum Gasteiger partial charge on any atom is -0.497 e. The first-order valence-electron chi connectivity index (χ1n) is 7.59. The number of carbonyl (C=O) groups is 1. The van der Waals surface area contributed by atoms with Crippen LogP contribution < -0.4 is 10.1 Å². The summed E-state index contributed by atoms with van der Waals surface area (Å²) in [7, 11) is 1.62. The van der Waals surface area contributed by atoms with Gasteiger partial charge in [-0.1, -0.05) is 52.6 Å². The Balaban J connectivity index is 1.68. The molecule has 1 N–H and O–H groups in total. The summed E-state index contributed by atoms with van der Waals surface area (Å²) >= 11 is 11.9. The average Bonchev–Trinajstić information content (AvgIpc) is 2.62. The van der Waals surface area contributed by atoms with E-state index in [1.54, 1.807) is 25.3 Å². The van der Waals surface area contributed by atoms with Crippen molar-refractivity contribution in [3.8, 4) is 5.75 Å². The van der Waals surface area contributed by atoms with E-state index in [9.17, 15) is 4.79 Å². The van der Waals surface area contributed by atoms with Crippen molar-refractivity contribution < 1.29 is 14.4 Å². The maximum absolute atomic E-state index is 11.7. The summed E-state index contributed by atoms with van der Waals surface area (Å²) in [5, 5.41) is 7.31. The number of amides is 1. The van der Waals surface area contributed by atoms with Crippen LogP contribution in [0.4, 0.5) is 0 Å². The maximum Gasteiger partial charge on any atom is 0.260 e. The van der Waals surface area contributed by atoms with Gasteiger partial charge in [-0.05, 0) is 30.2 Å². The summed E-state index contributed by atoms with van der Waals surface area (Å²) in [6, 6.07) is 12.9. The van der Waals surface area contributed by atoms with Crippen LogP contribution in [0, 0.1) is 0 Å². The maximum atomic E-state index is 11.7. The van der Waals surface area contributed by atoms with E-state index in [4.69, 9.17) is 32.8 Å². The molecule has 0 fully saturated rings.